The van der Waals surface area contributed by atoms with Gasteiger partial charge in [0.2, 0.25) is 0 Å². The highest BCUT2D eigenvalue weighted by atomic mass is 79.9. The monoisotopic (exact) mass is 351 g/mol. The normalized spacial score (nSPS) is 10.8. The molecule has 0 amide bonds. The zero-order valence-electron chi connectivity index (χ0n) is 12.1. The summed E-state index contributed by atoms with van der Waals surface area (Å²) in [4.78, 5) is 11.1. The van der Waals surface area contributed by atoms with Gasteiger partial charge in [-0.1, -0.05) is 18.2 Å². The number of aryl methyl sites for hydroxylation is 2. The molecule has 0 saturated heterocycles. The number of carbonyl (C=O) groups is 1. The lowest BCUT2D eigenvalue weighted by Crippen LogP contribution is -2.19. The van der Waals surface area contributed by atoms with Crippen LogP contribution in [0.2, 0.25) is 0 Å². The number of halogens is 1. The minimum Gasteiger partial charge on any atom is -0.478 e. The van der Waals surface area contributed by atoms with E-state index >= 15 is 0 Å². The standard InChI is InChI=1S/C15H18BrN3O2/c1-10-14(16)13(19(2)18-10)9-17-8-7-11-5-3-4-6-12(11)15(20)21/h3-6,17H,7-9H2,1-2H3,(H,20,21). The van der Waals surface area contributed by atoms with Gasteiger partial charge in [-0.05, 0) is 47.4 Å². The maximum absolute atomic E-state index is 11.1. The van der Waals surface area contributed by atoms with Gasteiger partial charge in [0.1, 0.15) is 0 Å². The van der Waals surface area contributed by atoms with E-state index in [0.717, 1.165) is 21.4 Å². The number of hydrogen-bond acceptors (Lipinski definition) is 3. The summed E-state index contributed by atoms with van der Waals surface area (Å²) in [5.74, 6) is -0.879. The molecule has 112 valence electrons. The zero-order valence-corrected chi connectivity index (χ0v) is 13.6. The van der Waals surface area contributed by atoms with Crippen molar-refractivity contribution in [2.45, 2.75) is 19.9 Å². The third kappa shape index (κ3) is 3.71. The van der Waals surface area contributed by atoms with Crippen LogP contribution < -0.4 is 5.32 Å². The summed E-state index contributed by atoms with van der Waals surface area (Å²) in [6.45, 7) is 3.35. The topological polar surface area (TPSA) is 67.2 Å². The van der Waals surface area contributed by atoms with E-state index in [1.165, 1.54) is 0 Å². The fourth-order valence-corrected chi connectivity index (χ4v) is 2.73. The molecule has 0 radical (unpaired) electrons. The minimum atomic E-state index is -0.879. The third-order valence-corrected chi connectivity index (χ3v) is 4.40. The minimum absolute atomic E-state index is 0.372. The Kier molecular flexibility index (Phi) is 5.14. The number of aromatic nitrogens is 2. The quantitative estimate of drug-likeness (QED) is 0.784. The summed E-state index contributed by atoms with van der Waals surface area (Å²) in [6, 6.07) is 7.10. The molecule has 1 heterocycles. The maximum atomic E-state index is 11.1. The number of benzene rings is 1. The van der Waals surface area contributed by atoms with E-state index in [-0.39, 0.29) is 0 Å². The fraction of sp³-hybridized carbons (Fsp3) is 0.333. The van der Waals surface area contributed by atoms with E-state index in [9.17, 15) is 4.79 Å². The molecular formula is C15H18BrN3O2. The molecule has 0 atom stereocenters. The smallest absolute Gasteiger partial charge is 0.335 e. The van der Waals surface area contributed by atoms with Gasteiger partial charge in [0.25, 0.3) is 0 Å². The number of carboxylic acid groups (broad SMARTS) is 1. The van der Waals surface area contributed by atoms with Gasteiger partial charge in [0.15, 0.2) is 0 Å². The van der Waals surface area contributed by atoms with E-state index < -0.39 is 5.97 Å². The highest BCUT2D eigenvalue weighted by Crippen LogP contribution is 2.19. The first-order chi connectivity index (χ1) is 10.0. The predicted octanol–water partition coefficient (Wildman–Crippen LogP) is 2.52. The van der Waals surface area contributed by atoms with Crippen LogP contribution in [0.15, 0.2) is 28.7 Å². The van der Waals surface area contributed by atoms with Crippen LogP contribution in [0, 0.1) is 6.92 Å². The number of hydrogen-bond donors (Lipinski definition) is 2. The molecule has 0 bridgehead atoms. The van der Waals surface area contributed by atoms with Crippen LogP contribution in [0.5, 0.6) is 0 Å². The highest BCUT2D eigenvalue weighted by Gasteiger charge is 2.11. The van der Waals surface area contributed by atoms with Crippen LogP contribution >= 0.6 is 15.9 Å². The molecule has 0 spiro atoms. The van der Waals surface area contributed by atoms with Gasteiger partial charge < -0.3 is 10.4 Å². The van der Waals surface area contributed by atoms with Crippen molar-refractivity contribution in [3.05, 3.63) is 51.3 Å². The van der Waals surface area contributed by atoms with Crippen molar-refractivity contribution in [1.29, 1.82) is 0 Å². The van der Waals surface area contributed by atoms with Gasteiger partial charge in [-0.15, -0.1) is 0 Å². The molecule has 2 aromatic rings. The summed E-state index contributed by atoms with van der Waals surface area (Å²) < 4.78 is 2.86. The van der Waals surface area contributed by atoms with Gasteiger partial charge in [0, 0.05) is 13.6 Å². The van der Waals surface area contributed by atoms with Gasteiger partial charge in [-0.25, -0.2) is 4.79 Å². The highest BCUT2D eigenvalue weighted by molar-refractivity contribution is 9.10. The molecule has 1 aromatic heterocycles. The van der Waals surface area contributed by atoms with Crippen molar-refractivity contribution in [1.82, 2.24) is 15.1 Å². The Hall–Kier alpha value is -1.66. The molecule has 0 saturated carbocycles. The lowest BCUT2D eigenvalue weighted by atomic mass is 10.0. The van der Waals surface area contributed by atoms with E-state index in [1.807, 2.05) is 30.8 Å². The first-order valence-corrected chi connectivity index (χ1v) is 7.50. The van der Waals surface area contributed by atoms with E-state index in [0.29, 0.717) is 25.1 Å². The van der Waals surface area contributed by atoms with Crippen molar-refractivity contribution in [3.63, 3.8) is 0 Å². The van der Waals surface area contributed by atoms with Crippen LogP contribution in [0.1, 0.15) is 27.3 Å². The van der Waals surface area contributed by atoms with Crippen molar-refractivity contribution in [2.75, 3.05) is 6.54 Å². The second-order valence-electron chi connectivity index (χ2n) is 4.86. The van der Waals surface area contributed by atoms with E-state index in [4.69, 9.17) is 5.11 Å². The molecule has 1 aromatic carbocycles. The maximum Gasteiger partial charge on any atom is 0.335 e. The Labute approximate surface area is 132 Å². The number of aromatic carboxylic acids is 1. The first-order valence-electron chi connectivity index (χ1n) is 6.70. The Balaban J connectivity index is 1.92. The molecule has 2 rings (SSSR count). The predicted molar refractivity (Wildman–Crippen MR) is 84.5 cm³/mol. The summed E-state index contributed by atoms with van der Waals surface area (Å²) in [5, 5.41) is 16.8. The number of carboxylic acids is 1. The second kappa shape index (κ2) is 6.87. The van der Waals surface area contributed by atoms with Crippen LogP contribution in [-0.4, -0.2) is 27.4 Å². The number of rotatable bonds is 6. The summed E-state index contributed by atoms with van der Waals surface area (Å²) in [5.41, 5.74) is 3.26. The lowest BCUT2D eigenvalue weighted by molar-refractivity contribution is 0.0695. The van der Waals surface area contributed by atoms with Crippen LogP contribution in [0.25, 0.3) is 0 Å². The molecule has 21 heavy (non-hydrogen) atoms. The molecule has 0 unspecified atom stereocenters. The van der Waals surface area contributed by atoms with E-state index in [2.05, 4.69) is 26.3 Å². The first kappa shape index (κ1) is 15.7. The number of nitrogens with one attached hydrogen (secondary N) is 1. The summed E-state index contributed by atoms with van der Waals surface area (Å²) in [7, 11) is 1.91. The summed E-state index contributed by atoms with van der Waals surface area (Å²) in [6.07, 6.45) is 0.678. The Morgan fingerprint density at radius 2 is 2.14 bits per heavy atom. The fourth-order valence-electron chi connectivity index (χ4n) is 2.25. The second-order valence-corrected chi connectivity index (χ2v) is 5.65. The zero-order chi connectivity index (χ0) is 15.4. The van der Waals surface area contributed by atoms with Crippen molar-refractivity contribution in [3.8, 4) is 0 Å². The molecule has 0 aliphatic heterocycles. The molecule has 2 N–H and O–H groups in total. The van der Waals surface area contributed by atoms with Crippen LogP contribution in [-0.2, 0) is 20.0 Å². The number of nitrogens with zero attached hydrogens (tertiary/aromatic N) is 2. The van der Waals surface area contributed by atoms with Gasteiger partial charge >= 0.3 is 5.97 Å². The Morgan fingerprint density at radius 3 is 2.76 bits per heavy atom. The van der Waals surface area contributed by atoms with E-state index in [1.54, 1.807) is 12.1 Å². The SMILES string of the molecule is Cc1nn(C)c(CNCCc2ccccc2C(=O)O)c1Br. The lowest BCUT2D eigenvalue weighted by Gasteiger charge is -2.08. The van der Waals surface area contributed by atoms with Crippen molar-refractivity contribution >= 4 is 21.9 Å². The van der Waals surface area contributed by atoms with Gasteiger partial charge in [0.05, 0.1) is 21.4 Å². The van der Waals surface area contributed by atoms with Crippen molar-refractivity contribution in [2.24, 2.45) is 7.05 Å². The van der Waals surface area contributed by atoms with Crippen LogP contribution in [0.4, 0.5) is 0 Å². The molecule has 0 aliphatic carbocycles. The third-order valence-electron chi connectivity index (χ3n) is 3.37. The molecular weight excluding hydrogens is 334 g/mol. The van der Waals surface area contributed by atoms with Crippen LogP contribution in [0.3, 0.4) is 0 Å². The molecule has 0 fully saturated rings. The largest absolute Gasteiger partial charge is 0.478 e. The average molecular weight is 352 g/mol. The summed E-state index contributed by atoms with van der Waals surface area (Å²) >= 11 is 3.53. The molecule has 5 nitrogen and oxygen atoms in total. The molecule has 6 heteroatoms. The molecule has 0 aliphatic rings. The Morgan fingerprint density at radius 1 is 1.43 bits per heavy atom. The van der Waals surface area contributed by atoms with Gasteiger partial charge in [-0.3, -0.25) is 4.68 Å². The average Bonchev–Trinajstić information content (AvgIpc) is 2.69. The Bertz CT molecular complexity index is 652. The van der Waals surface area contributed by atoms with Crippen molar-refractivity contribution < 1.29 is 9.90 Å². The van der Waals surface area contributed by atoms with Gasteiger partial charge in [-0.2, -0.15) is 5.10 Å².